The van der Waals surface area contributed by atoms with Gasteiger partial charge in [0, 0.05) is 0 Å². The van der Waals surface area contributed by atoms with Crippen LogP contribution in [0.3, 0.4) is 0 Å². The molecule has 0 unspecified atom stereocenters. The zero-order valence-electron chi connectivity index (χ0n) is 14.5. The average molecular weight is 329 g/mol. The first-order valence-corrected chi connectivity index (χ1v) is 11.1. The van der Waals surface area contributed by atoms with Crippen LogP contribution in [0, 0.1) is 11.8 Å². The predicted octanol–water partition coefficient (Wildman–Crippen LogP) is 5.33. The minimum Gasteiger partial charge on any atom is -0.415 e. The smallest absolute Gasteiger partial charge is 0.185 e. The molecular weight excluding hydrogens is 296 g/mol. The quantitative estimate of drug-likeness (QED) is 0.506. The van der Waals surface area contributed by atoms with Gasteiger partial charge in [0.25, 0.3) is 0 Å². The minimum atomic E-state index is -0.532. The van der Waals surface area contributed by atoms with Crippen LogP contribution in [0.2, 0.25) is 0 Å². The Balaban J connectivity index is 1.57. The van der Waals surface area contributed by atoms with Crippen molar-refractivity contribution in [1.29, 1.82) is 0 Å². The topological polar surface area (TPSA) is 9.23 Å². The summed E-state index contributed by atoms with van der Waals surface area (Å²) < 4.78 is 6.09. The zero-order valence-corrected chi connectivity index (χ0v) is 15.9. The fraction of sp³-hybridized carbons (Fsp3) is 0.619. The lowest BCUT2D eigenvalue weighted by Gasteiger charge is -2.32. The Kier molecular flexibility index (Phi) is 6.97. The first kappa shape index (κ1) is 17.0. The van der Waals surface area contributed by atoms with Crippen LogP contribution in [0.25, 0.3) is 0 Å². The highest BCUT2D eigenvalue weighted by Gasteiger charge is 2.25. The molecule has 3 rings (SSSR count). The lowest BCUT2D eigenvalue weighted by Crippen LogP contribution is -2.19. The molecule has 0 amide bonds. The van der Waals surface area contributed by atoms with Crippen molar-refractivity contribution in [2.24, 2.45) is 11.8 Å². The Morgan fingerprint density at radius 2 is 1.43 bits per heavy atom. The molecule has 0 bridgehead atoms. The lowest BCUT2D eigenvalue weighted by atomic mass is 9.74. The Morgan fingerprint density at radius 3 is 2.00 bits per heavy atom. The molecule has 2 aliphatic carbocycles. The lowest BCUT2D eigenvalue weighted by molar-refractivity contribution is 0.319. The summed E-state index contributed by atoms with van der Waals surface area (Å²) in [7, 11) is -0.532. The second-order valence-corrected chi connectivity index (χ2v) is 8.52. The average Bonchev–Trinajstić information content (AvgIpc) is 2.64. The Labute approximate surface area is 144 Å². The predicted molar refractivity (Wildman–Crippen MR) is 101 cm³/mol. The fourth-order valence-electron chi connectivity index (χ4n) is 4.44. The monoisotopic (exact) mass is 328 g/mol. The van der Waals surface area contributed by atoms with Crippen LogP contribution >= 0.6 is 0 Å². The molecule has 0 aliphatic heterocycles. The highest BCUT2D eigenvalue weighted by Crippen LogP contribution is 2.39. The van der Waals surface area contributed by atoms with E-state index < -0.39 is 9.76 Å². The van der Waals surface area contributed by atoms with E-state index in [2.05, 4.69) is 36.0 Å². The van der Waals surface area contributed by atoms with E-state index in [1.165, 1.54) is 69.8 Å². The van der Waals surface area contributed by atoms with E-state index in [0.29, 0.717) is 0 Å². The number of allylic oxidation sites excluding steroid dienone is 1. The van der Waals surface area contributed by atoms with Gasteiger partial charge in [-0.15, -0.1) is 0 Å². The molecule has 2 aliphatic rings. The molecule has 0 N–H and O–H groups in total. The summed E-state index contributed by atoms with van der Waals surface area (Å²) in [5.41, 5.74) is 5.74. The summed E-state index contributed by atoms with van der Waals surface area (Å²) in [6, 6.07) is 10.6. The van der Waals surface area contributed by atoms with Crippen molar-refractivity contribution in [3.63, 3.8) is 0 Å². The van der Waals surface area contributed by atoms with Crippen molar-refractivity contribution in [3.05, 3.63) is 47.2 Å². The molecule has 0 heterocycles. The molecule has 0 saturated heterocycles. The Bertz CT molecular complexity index is 450. The first-order chi connectivity index (χ1) is 11.4. The third kappa shape index (κ3) is 5.32. The molecule has 2 heteroatoms. The highest BCUT2D eigenvalue weighted by atomic mass is 28.2. The van der Waals surface area contributed by atoms with Gasteiger partial charge < -0.3 is 4.43 Å². The van der Waals surface area contributed by atoms with E-state index in [1.54, 1.807) is 0 Å². The maximum atomic E-state index is 6.09. The van der Waals surface area contributed by atoms with E-state index in [4.69, 9.17) is 4.43 Å². The van der Waals surface area contributed by atoms with Gasteiger partial charge in [-0.25, -0.2) is 0 Å². The van der Waals surface area contributed by atoms with Gasteiger partial charge in [-0.05, 0) is 43.1 Å². The van der Waals surface area contributed by atoms with Gasteiger partial charge in [0.1, 0.15) is 0 Å². The zero-order chi connectivity index (χ0) is 15.7. The van der Waals surface area contributed by atoms with E-state index >= 15 is 0 Å². The molecule has 0 atom stereocenters. The van der Waals surface area contributed by atoms with Crippen molar-refractivity contribution in [2.75, 3.05) is 0 Å². The Morgan fingerprint density at radius 1 is 0.870 bits per heavy atom. The normalized spacial score (nSPS) is 20.9. The maximum Gasteiger partial charge on any atom is 0.185 e. The number of hydrogen-bond donors (Lipinski definition) is 0. The molecule has 0 spiro atoms. The molecule has 23 heavy (non-hydrogen) atoms. The van der Waals surface area contributed by atoms with Crippen LogP contribution in [0.5, 0.6) is 0 Å². The summed E-state index contributed by atoms with van der Waals surface area (Å²) in [6.45, 7) is 0.798. The van der Waals surface area contributed by atoms with Crippen LogP contribution < -0.4 is 0 Å². The van der Waals surface area contributed by atoms with E-state index in [-0.39, 0.29) is 0 Å². The standard InChI is InChI=1S/C21H32OSi/c1-4-10-18(11-5-1)16-22-23-17-21(19-12-6-2-7-13-19)20-14-8-3-9-15-20/h1,4-5,10-11,17,19-20H,2-3,6-9,12-16,23H2. The van der Waals surface area contributed by atoms with Gasteiger partial charge >= 0.3 is 0 Å². The van der Waals surface area contributed by atoms with Gasteiger partial charge in [0.2, 0.25) is 0 Å². The molecule has 2 saturated carbocycles. The minimum absolute atomic E-state index is 0.532. The first-order valence-electron chi connectivity index (χ1n) is 9.75. The van der Waals surface area contributed by atoms with Gasteiger partial charge in [-0.2, -0.15) is 0 Å². The largest absolute Gasteiger partial charge is 0.415 e. The maximum absolute atomic E-state index is 6.09. The van der Waals surface area contributed by atoms with Crippen LogP contribution in [-0.2, 0) is 11.0 Å². The van der Waals surface area contributed by atoms with E-state index in [1.807, 2.05) is 5.57 Å². The SMILES string of the molecule is C([SiH2]OCc1ccccc1)=C(C1CCCCC1)C1CCCCC1. The van der Waals surface area contributed by atoms with E-state index in [9.17, 15) is 0 Å². The summed E-state index contributed by atoms with van der Waals surface area (Å²) in [6.07, 6.45) is 14.5. The third-order valence-corrected chi connectivity index (χ3v) is 6.78. The second kappa shape index (κ2) is 9.44. The molecule has 1 aromatic rings. The van der Waals surface area contributed by atoms with Crippen LogP contribution in [0.1, 0.15) is 69.8 Å². The van der Waals surface area contributed by atoms with Crippen LogP contribution in [0.4, 0.5) is 0 Å². The molecule has 126 valence electrons. The molecule has 0 radical (unpaired) electrons. The van der Waals surface area contributed by atoms with Gasteiger partial charge in [-0.1, -0.05) is 80.1 Å². The van der Waals surface area contributed by atoms with Crippen molar-refractivity contribution in [2.45, 2.75) is 70.8 Å². The third-order valence-electron chi connectivity index (χ3n) is 5.70. The molecule has 1 nitrogen and oxygen atoms in total. The van der Waals surface area contributed by atoms with Crippen LogP contribution in [0.15, 0.2) is 41.6 Å². The van der Waals surface area contributed by atoms with Gasteiger partial charge in [0.15, 0.2) is 9.76 Å². The molecule has 2 fully saturated rings. The number of benzene rings is 1. The molecule has 0 aromatic heterocycles. The van der Waals surface area contributed by atoms with Crippen LogP contribution in [-0.4, -0.2) is 9.76 Å². The number of rotatable bonds is 6. The highest BCUT2D eigenvalue weighted by molar-refractivity contribution is 6.34. The molecular formula is C21H32OSi. The summed E-state index contributed by atoms with van der Waals surface area (Å²) >= 11 is 0. The summed E-state index contributed by atoms with van der Waals surface area (Å²) in [5.74, 6) is 1.78. The van der Waals surface area contributed by atoms with Gasteiger partial charge in [-0.3, -0.25) is 0 Å². The van der Waals surface area contributed by atoms with Crippen molar-refractivity contribution in [3.8, 4) is 0 Å². The second-order valence-electron chi connectivity index (χ2n) is 7.37. The van der Waals surface area contributed by atoms with E-state index in [0.717, 1.165) is 18.4 Å². The molecule has 1 aromatic carbocycles. The van der Waals surface area contributed by atoms with Crippen molar-refractivity contribution in [1.82, 2.24) is 0 Å². The summed E-state index contributed by atoms with van der Waals surface area (Å²) in [5, 5.41) is 0. The van der Waals surface area contributed by atoms with Crippen molar-refractivity contribution >= 4 is 9.76 Å². The fourth-order valence-corrected chi connectivity index (χ4v) is 5.78. The number of hydrogen-bond acceptors (Lipinski definition) is 1. The summed E-state index contributed by atoms with van der Waals surface area (Å²) in [4.78, 5) is 0. The van der Waals surface area contributed by atoms with Crippen molar-refractivity contribution < 1.29 is 4.43 Å². The van der Waals surface area contributed by atoms with Gasteiger partial charge in [0.05, 0.1) is 6.61 Å². The Hall–Kier alpha value is -0.863.